The predicted octanol–water partition coefficient (Wildman–Crippen LogP) is 2.22. The van der Waals surface area contributed by atoms with Crippen molar-refractivity contribution in [2.24, 2.45) is 5.41 Å². The van der Waals surface area contributed by atoms with Crippen molar-refractivity contribution < 1.29 is 9.53 Å². The largest absolute Gasteiger partial charge is 0.497 e. The number of methoxy groups -OCH3 is 1. The van der Waals surface area contributed by atoms with Crippen LogP contribution >= 0.6 is 0 Å². The SMILES string of the molecule is COc1ccc(-c2nn(CCNC(=O)C(C)(C)C)c(=O)n2C2CC2)cc1. The number of benzene rings is 1. The zero-order valence-corrected chi connectivity index (χ0v) is 15.8. The maximum Gasteiger partial charge on any atom is 0.346 e. The van der Waals surface area contributed by atoms with Crippen molar-refractivity contribution in [2.45, 2.75) is 46.2 Å². The number of hydrogen-bond acceptors (Lipinski definition) is 4. The van der Waals surface area contributed by atoms with Crippen molar-refractivity contribution in [3.8, 4) is 17.1 Å². The Morgan fingerprint density at radius 2 is 1.92 bits per heavy atom. The molecule has 0 bridgehead atoms. The normalized spacial score (nSPS) is 14.3. The van der Waals surface area contributed by atoms with Gasteiger partial charge in [-0.2, -0.15) is 0 Å². The highest BCUT2D eigenvalue weighted by Crippen LogP contribution is 2.36. The molecule has 1 fully saturated rings. The number of aromatic nitrogens is 3. The minimum Gasteiger partial charge on any atom is -0.497 e. The lowest BCUT2D eigenvalue weighted by molar-refractivity contribution is -0.128. The van der Waals surface area contributed by atoms with Gasteiger partial charge in [0.1, 0.15) is 5.75 Å². The summed E-state index contributed by atoms with van der Waals surface area (Å²) in [4.78, 5) is 24.7. The van der Waals surface area contributed by atoms with Gasteiger partial charge in [0.25, 0.3) is 0 Å². The van der Waals surface area contributed by atoms with Crippen molar-refractivity contribution >= 4 is 5.91 Å². The van der Waals surface area contributed by atoms with E-state index in [2.05, 4.69) is 10.4 Å². The number of rotatable bonds is 6. The smallest absolute Gasteiger partial charge is 0.346 e. The summed E-state index contributed by atoms with van der Waals surface area (Å²) in [7, 11) is 1.62. The Bertz CT molecular complexity index is 839. The minimum atomic E-state index is -0.452. The lowest BCUT2D eigenvalue weighted by Crippen LogP contribution is -2.38. The van der Waals surface area contributed by atoms with E-state index in [0.717, 1.165) is 24.2 Å². The summed E-state index contributed by atoms with van der Waals surface area (Å²) in [5.41, 5.74) is 0.308. The number of ether oxygens (including phenoxy) is 1. The second kappa shape index (κ2) is 6.97. The van der Waals surface area contributed by atoms with E-state index in [-0.39, 0.29) is 17.6 Å². The van der Waals surface area contributed by atoms with Crippen LogP contribution < -0.4 is 15.7 Å². The van der Waals surface area contributed by atoms with Gasteiger partial charge in [0.2, 0.25) is 5.91 Å². The molecule has 2 aromatic rings. The van der Waals surface area contributed by atoms with Crippen molar-refractivity contribution in [1.29, 1.82) is 0 Å². The lowest BCUT2D eigenvalue weighted by Gasteiger charge is -2.17. The molecule has 3 rings (SSSR count). The maximum absolute atomic E-state index is 12.8. The molecule has 1 amide bonds. The van der Waals surface area contributed by atoms with E-state index < -0.39 is 5.41 Å². The van der Waals surface area contributed by atoms with Gasteiger partial charge in [-0.05, 0) is 37.1 Å². The Kier molecular flexibility index (Phi) is 4.89. The van der Waals surface area contributed by atoms with Crippen LogP contribution in [0.2, 0.25) is 0 Å². The van der Waals surface area contributed by atoms with Crippen LogP contribution in [0.4, 0.5) is 0 Å². The van der Waals surface area contributed by atoms with Gasteiger partial charge in [-0.1, -0.05) is 20.8 Å². The first-order chi connectivity index (χ1) is 12.3. The predicted molar refractivity (Wildman–Crippen MR) is 99.2 cm³/mol. The first-order valence-electron chi connectivity index (χ1n) is 8.93. The molecule has 1 aliphatic rings. The molecule has 0 aliphatic heterocycles. The van der Waals surface area contributed by atoms with Gasteiger partial charge in [0, 0.05) is 23.6 Å². The Balaban J connectivity index is 1.81. The summed E-state index contributed by atoms with van der Waals surface area (Å²) in [6.07, 6.45) is 1.99. The fourth-order valence-electron chi connectivity index (χ4n) is 2.71. The van der Waals surface area contributed by atoms with E-state index >= 15 is 0 Å². The molecule has 7 heteroatoms. The van der Waals surface area contributed by atoms with Gasteiger partial charge in [-0.3, -0.25) is 9.36 Å². The average Bonchev–Trinajstić information content (AvgIpc) is 3.38. The van der Waals surface area contributed by atoms with Gasteiger partial charge >= 0.3 is 5.69 Å². The van der Waals surface area contributed by atoms with Gasteiger partial charge in [0.05, 0.1) is 13.7 Å². The quantitative estimate of drug-likeness (QED) is 0.859. The molecule has 1 N–H and O–H groups in total. The molecule has 1 aromatic carbocycles. The van der Waals surface area contributed by atoms with Crippen LogP contribution in [0, 0.1) is 5.41 Å². The van der Waals surface area contributed by atoms with Crippen LogP contribution in [0.25, 0.3) is 11.4 Å². The molecule has 26 heavy (non-hydrogen) atoms. The summed E-state index contributed by atoms with van der Waals surface area (Å²) in [5, 5.41) is 7.39. The molecule has 0 radical (unpaired) electrons. The molecule has 0 saturated heterocycles. The first-order valence-corrected chi connectivity index (χ1v) is 8.93. The summed E-state index contributed by atoms with van der Waals surface area (Å²) >= 11 is 0. The molecule has 0 unspecified atom stereocenters. The number of nitrogens with zero attached hydrogens (tertiary/aromatic N) is 3. The molecule has 140 valence electrons. The molecule has 1 heterocycles. The van der Waals surface area contributed by atoms with Crippen LogP contribution in [0.3, 0.4) is 0 Å². The fourth-order valence-corrected chi connectivity index (χ4v) is 2.71. The molecule has 1 aliphatic carbocycles. The second-order valence-electron chi connectivity index (χ2n) is 7.66. The highest BCUT2D eigenvalue weighted by molar-refractivity contribution is 5.81. The van der Waals surface area contributed by atoms with E-state index in [1.807, 2.05) is 45.0 Å². The standard InChI is InChI=1S/C19H26N4O3/c1-19(2,3)17(24)20-11-12-22-18(25)23(14-7-8-14)16(21-22)13-5-9-15(26-4)10-6-13/h5-6,9-10,14H,7-8,11-12H2,1-4H3,(H,20,24). The third-order valence-corrected chi connectivity index (χ3v) is 4.42. The number of carbonyl (C=O) groups excluding carboxylic acids is 1. The van der Waals surface area contributed by atoms with Crippen LogP contribution in [-0.2, 0) is 11.3 Å². The zero-order chi connectivity index (χ0) is 18.9. The summed E-state index contributed by atoms with van der Waals surface area (Å²) in [6, 6.07) is 7.76. The zero-order valence-electron chi connectivity index (χ0n) is 15.8. The highest BCUT2D eigenvalue weighted by atomic mass is 16.5. The lowest BCUT2D eigenvalue weighted by atomic mass is 9.96. The highest BCUT2D eigenvalue weighted by Gasteiger charge is 2.30. The van der Waals surface area contributed by atoms with Gasteiger partial charge in [0.15, 0.2) is 5.82 Å². The van der Waals surface area contributed by atoms with Gasteiger partial charge in [-0.15, -0.1) is 5.10 Å². The third-order valence-electron chi connectivity index (χ3n) is 4.42. The number of carbonyl (C=O) groups is 1. The number of nitrogens with one attached hydrogen (secondary N) is 1. The fraction of sp³-hybridized carbons (Fsp3) is 0.526. The van der Waals surface area contributed by atoms with E-state index in [9.17, 15) is 9.59 Å². The molecule has 1 saturated carbocycles. The Morgan fingerprint density at radius 1 is 1.27 bits per heavy atom. The molecular formula is C19H26N4O3. The summed E-state index contributed by atoms with van der Waals surface area (Å²) < 4.78 is 8.41. The van der Waals surface area contributed by atoms with Crippen molar-refractivity contribution in [3.63, 3.8) is 0 Å². The van der Waals surface area contributed by atoms with Crippen LogP contribution in [0.1, 0.15) is 39.7 Å². The van der Waals surface area contributed by atoms with Gasteiger partial charge < -0.3 is 10.1 Å². The monoisotopic (exact) mass is 358 g/mol. The second-order valence-corrected chi connectivity index (χ2v) is 7.66. The summed E-state index contributed by atoms with van der Waals surface area (Å²) in [5.74, 6) is 1.39. The van der Waals surface area contributed by atoms with E-state index in [1.54, 1.807) is 11.7 Å². The number of amides is 1. The minimum absolute atomic E-state index is 0.0393. The van der Waals surface area contributed by atoms with E-state index in [1.165, 1.54) is 4.68 Å². The molecular weight excluding hydrogens is 332 g/mol. The Labute approximate surface area is 153 Å². The molecule has 7 nitrogen and oxygen atoms in total. The van der Waals surface area contributed by atoms with Crippen LogP contribution in [0.15, 0.2) is 29.1 Å². The summed E-state index contributed by atoms with van der Waals surface area (Å²) in [6.45, 7) is 6.30. The van der Waals surface area contributed by atoms with E-state index in [4.69, 9.17) is 4.74 Å². The van der Waals surface area contributed by atoms with Gasteiger partial charge in [-0.25, -0.2) is 9.48 Å². The van der Waals surface area contributed by atoms with Crippen LogP contribution in [0.5, 0.6) is 5.75 Å². The van der Waals surface area contributed by atoms with Crippen molar-refractivity contribution in [2.75, 3.05) is 13.7 Å². The van der Waals surface area contributed by atoms with Crippen molar-refractivity contribution in [1.82, 2.24) is 19.7 Å². The van der Waals surface area contributed by atoms with Crippen molar-refractivity contribution in [3.05, 3.63) is 34.7 Å². The molecule has 0 spiro atoms. The Morgan fingerprint density at radius 3 is 2.46 bits per heavy atom. The van der Waals surface area contributed by atoms with Crippen LogP contribution in [-0.4, -0.2) is 33.9 Å². The third kappa shape index (κ3) is 3.81. The Hall–Kier alpha value is -2.57. The maximum atomic E-state index is 12.8. The van der Waals surface area contributed by atoms with E-state index in [0.29, 0.717) is 18.9 Å². The first kappa shape index (κ1) is 18.2. The molecule has 1 aromatic heterocycles. The molecule has 0 atom stereocenters. The number of hydrogen-bond donors (Lipinski definition) is 1. The topological polar surface area (TPSA) is 78.2 Å². The average molecular weight is 358 g/mol.